The second-order valence-corrected chi connectivity index (χ2v) is 12.8. The molecule has 0 heterocycles. The Kier molecular flexibility index (Phi) is 12.6. The van der Waals surface area contributed by atoms with Gasteiger partial charge >= 0.3 is 0 Å². The lowest BCUT2D eigenvalue weighted by Crippen LogP contribution is -2.52. The van der Waals surface area contributed by atoms with Crippen molar-refractivity contribution in [3.8, 4) is 5.75 Å². The summed E-state index contributed by atoms with van der Waals surface area (Å²) in [7, 11) is -3.65. The fraction of sp³-hybridized carbons (Fsp3) is 0.412. The summed E-state index contributed by atoms with van der Waals surface area (Å²) in [5.74, 6) is 0.0448. The molecule has 2 atom stereocenters. The van der Waals surface area contributed by atoms with E-state index in [0.29, 0.717) is 24.5 Å². The molecule has 0 aliphatic rings. The highest BCUT2D eigenvalue weighted by molar-refractivity contribution is 7.92. The summed E-state index contributed by atoms with van der Waals surface area (Å²) < 4.78 is 32.6. The van der Waals surface area contributed by atoms with Gasteiger partial charge in [0.25, 0.3) is 0 Å². The first kappa shape index (κ1) is 33.6. The lowest BCUT2D eigenvalue weighted by Gasteiger charge is -2.33. The molecular weight excluding hydrogens is 562 g/mol. The molecule has 0 fully saturated rings. The number of nitrogens with one attached hydrogen (secondary N) is 1. The van der Waals surface area contributed by atoms with Crippen LogP contribution in [0, 0.1) is 6.92 Å². The number of para-hydroxylation sites is 2. The molecule has 0 aliphatic heterocycles. The van der Waals surface area contributed by atoms with Crippen molar-refractivity contribution in [1.29, 1.82) is 0 Å². The molecule has 9 heteroatoms. The molecule has 0 saturated heterocycles. The van der Waals surface area contributed by atoms with Crippen molar-refractivity contribution >= 4 is 27.5 Å². The first-order valence-electron chi connectivity index (χ1n) is 14.9. The van der Waals surface area contributed by atoms with Gasteiger partial charge in [-0.1, -0.05) is 79.2 Å². The summed E-state index contributed by atoms with van der Waals surface area (Å²) in [5.41, 5.74) is 3.37. The zero-order valence-corrected chi connectivity index (χ0v) is 26.8. The maximum absolute atomic E-state index is 14.0. The highest BCUT2D eigenvalue weighted by atomic mass is 32.2. The zero-order chi connectivity index (χ0) is 31.4. The number of aryl methyl sites for hydroxylation is 1. The molecule has 232 valence electrons. The Bertz CT molecular complexity index is 1450. The Hall–Kier alpha value is -3.85. The van der Waals surface area contributed by atoms with Gasteiger partial charge in [-0.15, -0.1) is 0 Å². The molecule has 0 bridgehead atoms. The summed E-state index contributed by atoms with van der Waals surface area (Å²) in [6.07, 6.45) is 2.60. The number of carbonyl (C=O) groups is 2. The number of anilines is 1. The van der Waals surface area contributed by atoms with E-state index in [4.69, 9.17) is 4.74 Å². The van der Waals surface area contributed by atoms with Gasteiger partial charge < -0.3 is 15.0 Å². The third-order valence-corrected chi connectivity index (χ3v) is 8.47. The molecule has 0 spiro atoms. The van der Waals surface area contributed by atoms with Gasteiger partial charge in [-0.3, -0.25) is 13.9 Å². The highest BCUT2D eigenvalue weighted by Gasteiger charge is 2.31. The topological polar surface area (TPSA) is 96.0 Å². The van der Waals surface area contributed by atoms with E-state index in [2.05, 4.69) is 5.32 Å². The van der Waals surface area contributed by atoms with Crippen LogP contribution >= 0.6 is 0 Å². The normalized spacial score (nSPS) is 12.7. The van der Waals surface area contributed by atoms with E-state index in [1.54, 1.807) is 29.2 Å². The molecule has 0 aliphatic carbocycles. The standard InChI is InChI=1S/C34H45N3O5S/c1-6-27(4)35-34(39)31(24-28-16-9-8-10-17-28)36(25-29-18-13-15-26(3)23-29)33(38)21-14-22-37(43(5,40)41)30-19-11-12-20-32(30)42-7-2/h8-13,15-20,23,27,31H,6-7,14,21-22,24-25H2,1-5H3,(H,35,39)/t27-,31-/m1/s1. The van der Waals surface area contributed by atoms with Crippen LogP contribution in [0.25, 0.3) is 0 Å². The third kappa shape index (κ3) is 10.1. The summed E-state index contributed by atoms with van der Waals surface area (Å²) in [6.45, 7) is 8.53. The number of sulfonamides is 1. The van der Waals surface area contributed by atoms with Gasteiger partial charge in [0.05, 0.1) is 18.6 Å². The van der Waals surface area contributed by atoms with E-state index < -0.39 is 16.1 Å². The average molecular weight is 608 g/mol. The molecule has 0 radical (unpaired) electrons. The van der Waals surface area contributed by atoms with E-state index in [1.165, 1.54) is 4.31 Å². The first-order chi connectivity index (χ1) is 20.5. The minimum atomic E-state index is -3.65. The summed E-state index contributed by atoms with van der Waals surface area (Å²) in [4.78, 5) is 29.4. The first-order valence-corrected chi connectivity index (χ1v) is 16.8. The lowest BCUT2D eigenvalue weighted by atomic mass is 10.0. The van der Waals surface area contributed by atoms with Crippen molar-refractivity contribution in [3.05, 3.63) is 95.6 Å². The SMILES string of the molecule is CCOc1ccccc1N(CCCC(=O)N(Cc1cccc(C)c1)[C@H](Cc1ccccc1)C(=O)N[C@H](C)CC)S(C)(=O)=O. The minimum Gasteiger partial charge on any atom is -0.492 e. The molecule has 2 amide bonds. The van der Waals surface area contributed by atoms with Crippen LogP contribution in [-0.2, 0) is 32.6 Å². The predicted molar refractivity (Wildman–Crippen MR) is 173 cm³/mol. The Morgan fingerprint density at radius 1 is 0.930 bits per heavy atom. The van der Waals surface area contributed by atoms with Crippen LogP contribution in [0.4, 0.5) is 5.69 Å². The second-order valence-electron chi connectivity index (χ2n) is 10.9. The van der Waals surface area contributed by atoms with Gasteiger partial charge in [0.1, 0.15) is 11.8 Å². The predicted octanol–water partition coefficient (Wildman–Crippen LogP) is 5.49. The van der Waals surface area contributed by atoms with Crippen LogP contribution < -0.4 is 14.4 Å². The van der Waals surface area contributed by atoms with Gasteiger partial charge in [0.2, 0.25) is 21.8 Å². The van der Waals surface area contributed by atoms with E-state index in [1.807, 2.05) is 82.3 Å². The van der Waals surface area contributed by atoms with Crippen LogP contribution in [0.5, 0.6) is 5.75 Å². The molecule has 0 aromatic heterocycles. The molecule has 3 rings (SSSR count). The van der Waals surface area contributed by atoms with Gasteiger partial charge in [0, 0.05) is 32.0 Å². The molecular formula is C34H45N3O5S. The van der Waals surface area contributed by atoms with Gasteiger partial charge in [-0.2, -0.15) is 0 Å². The molecule has 1 N–H and O–H groups in total. The second kappa shape index (κ2) is 16.1. The van der Waals surface area contributed by atoms with Crippen molar-refractivity contribution < 1.29 is 22.7 Å². The van der Waals surface area contributed by atoms with E-state index in [-0.39, 0.29) is 43.8 Å². The Morgan fingerprint density at radius 3 is 2.26 bits per heavy atom. The monoisotopic (exact) mass is 607 g/mol. The smallest absolute Gasteiger partial charge is 0.243 e. The van der Waals surface area contributed by atoms with E-state index in [9.17, 15) is 18.0 Å². The summed E-state index contributed by atoms with van der Waals surface area (Å²) >= 11 is 0. The Labute approximate surface area is 257 Å². The fourth-order valence-corrected chi connectivity index (χ4v) is 5.89. The van der Waals surface area contributed by atoms with Crippen LogP contribution in [0.3, 0.4) is 0 Å². The van der Waals surface area contributed by atoms with Gasteiger partial charge in [-0.05, 0) is 56.9 Å². The van der Waals surface area contributed by atoms with Crippen LogP contribution in [0.1, 0.15) is 56.7 Å². The van der Waals surface area contributed by atoms with Crippen molar-refractivity contribution in [2.24, 2.45) is 0 Å². The van der Waals surface area contributed by atoms with Crippen molar-refractivity contribution in [3.63, 3.8) is 0 Å². The maximum atomic E-state index is 14.0. The third-order valence-electron chi connectivity index (χ3n) is 7.29. The largest absolute Gasteiger partial charge is 0.492 e. The maximum Gasteiger partial charge on any atom is 0.243 e. The van der Waals surface area contributed by atoms with E-state index in [0.717, 1.165) is 29.4 Å². The number of rotatable bonds is 16. The van der Waals surface area contributed by atoms with E-state index >= 15 is 0 Å². The number of hydrogen-bond donors (Lipinski definition) is 1. The molecule has 0 unspecified atom stereocenters. The van der Waals surface area contributed by atoms with Crippen LogP contribution in [0.2, 0.25) is 0 Å². The Morgan fingerprint density at radius 2 is 1.60 bits per heavy atom. The highest BCUT2D eigenvalue weighted by Crippen LogP contribution is 2.30. The fourth-order valence-electron chi connectivity index (χ4n) is 4.93. The van der Waals surface area contributed by atoms with Crippen molar-refractivity contribution in [2.45, 2.75) is 72.0 Å². The Balaban J connectivity index is 1.91. The van der Waals surface area contributed by atoms with Gasteiger partial charge in [-0.25, -0.2) is 8.42 Å². The van der Waals surface area contributed by atoms with Crippen molar-refractivity contribution in [2.75, 3.05) is 23.7 Å². The van der Waals surface area contributed by atoms with Crippen LogP contribution in [0.15, 0.2) is 78.9 Å². The number of carbonyl (C=O) groups excluding carboxylic acids is 2. The quantitative estimate of drug-likeness (QED) is 0.232. The number of ether oxygens (including phenoxy) is 1. The number of amides is 2. The zero-order valence-electron chi connectivity index (χ0n) is 26.0. The average Bonchev–Trinajstić information content (AvgIpc) is 2.97. The molecule has 3 aromatic rings. The molecule has 8 nitrogen and oxygen atoms in total. The molecule has 43 heavy (non-hydrogen) atoms. The number of nitrogens with zero attached hydrogens (tertiary/aromatic N) is 2. The van der Waals surface area contributed by atoms with Crippen molar-refractivity contribution in [1.82, 2.24) is 10.2 Å². The van der Waals surface area contributed by atoms with Gasteiger partial charge in [0.15, 0.2) is 0 Å². The minimum absolute atomic E-state index is 0.0459. The summed E-state index contributed by atoms with van der Waals surface area (Å²) in [6, 6.07) is 23.8. The molecule has 3 aromatic carbocycles. The molecule has 0 saturated carbocycles. The lowest BCUT2D eigenvalue weighted by molar-refractivity contribution is -0.141. The van der Waals surface area contributed by atoms with Crippen LogP contribution in [-0.4, -0.2) is 56.6 Å². The number of hydrogen-bond acceptors (Lipinski definition) is 5. The number of benzene rings is 3. The summed E-state index contributed by atoms with van der Waals surface area (Å²) in [5, 5.41) is 3.08.